The number of hydrogen-bond donors (Lipinski definition) is 4. The molecule has 0 aliphatic carbocycles. The fourth-order valence-corrected chi connectivity index (χ4v) is 3.18. The topological polar surface area (TPSA) is 145 Å². The number of hydrogen-bond acceptors (Lipinski definition) is 9. The first-order chi connectivity index (χ1) is 14.3. The monoisotopic (exact) mass is 436 g/mol. The maximum absolute atomic E-state index is 12.0. The molecule has 0 bridgehead atoms. The summed E-state index contributed by atoms with van der Waals surface area (Å²) in [4.78, 5) is 23.5. The molecule has 1 aliphatic heterocycles. The minimum atomic E-state index is -1.27. The van der Waals surface area contributed by atoms with Gasteiger partial charge in [-0.1, -0.05) is 0 Å². The summed E-state index contributed by atoms with van der Waals surface area (Å²) < 4.78 is 26.5. The Balaban J connectivity index is 2.45. The van der Waals surface area contributed by atoms with E-state index in [0.29, 0.717) is 32.5 Å². The van der Waals surface area contributed by atoms with Gasteiger partial charge in [-0.25, -0.2) is 0 Å². The Hall–Kier alpha value is -1.34. The minimum absolute atomic E-state index is 0.0646. The largest absolute Gasteiger partial charge is 0.388 e. The molecule has 0 aromatic heterocycles. The van der Waals surface area contributed by atoms with Crippen molar-refractivity contribution in [3.63, 3.8) is 0 Å². The van der Waals surface area contributed by atoms with Gasteiger partial charge in [-0.2, -0.15) is 0 Å². The van der Waals surface area contributed by atoms with E-state index in [1.165, 1.54) is 14.0 Å². The fraction of sp³-hybridized carbons (Fsp3) is 0.895. The van der Waals surface area contributed by atoms with Crippen LogP contribution < -0.4 is 10.6 Å². The number of unbranched alkanes of at least 4 members (excludes halogenated alkanes) is 1. The molecule has 0 aromatic carbocycles. The molecule has 1 saturated heterocycles. The van der Waals surface area contributed by atoms with Crippen molar-refractivity contribution in [1.82, 2.24) is 10.6 Å². The number of carbonyl (C=O) groups excluding carboxylic acids is 2. The Morgan fingerprint density at radius 1 is 1.03 bits per heavy atom. The maximum atomic E-state index is 12.0. The molecule has 0 radical (unpaired) electrons. The van der Waals surface area contributed by atoms with Gasteiger partial charge in [0.25, 0.3) is 0 Å². The number of carbonyl (C=O) groups is 2. The molecule has 11 nitrogen and oxygen atoms in total. The van der Waals surface area contributed by atoms with Crippen molar-refractivity contribution in [2.45, 2.75) is 62.9 Å². The fourth-order valence-electron chi connectivity index (χ4n) is 3.18. The van der Waals surface area contributed by atoms with Gasteiger partial charge in [0.1, 0.15) is 24.4 Å². The van der Waals surface area contributed by atoms with Crippen LogP contribution in [0.3, 0.4) is 0 Å². The third kappa shape index (κ3) is 9.21. The second-order valence-corrected chi connectivity index (χ2v) is 7.21. The highest BCUT2D eigenvalue weighted by Crippen LogP contribution is 2.23. The van der Waals surface area contributed by atoms with Gasteiger partial charge in [-0.3, -0.25) is 9.59 Å². The van der Waals surface area contributed by atoms with Crippen LogP contribution in [0.25, 0.3) is 0 Å². The summed E-state index contributed by atoms with van der Waals surface area (Å²) in [7, 11) is 4.56. The summed E-state index contributed by atoms with van der Waals surface area (Å²) in [6.07, 6.45) is -2.79. The second kappa shape index (κ2) is 14.6. The lowest BCUT2D eigenvalue weighted by Crippen LogP contribution is -2.64. The van der Waals surface area contributed by atoms with E-state index >= 15 is 0 Å². The van der Waals surface area contributed by atoms with E-state index in [1.54, 1.807) is 14.2 Å². The van der Waals surface area contributed by atoms with Gasteiger partial charge in [-0.05, 0) is 12.8 Å². The van der Waals surface area contributed by atoms with Crippen LogP contribution in [0.5, 0.6) is 0 Å². The Morgan fingerprint density at radius 2 is 1.70 bits per heavy atom. The number of methoxy groups -OCH3 is 3. The number of rotatable bonds is 14. The zero-order valence-corrected chi connectivity index (χ0v) is 18.2. The van der Waals surface area contributed by atoms with Crippen molar-refractivity contribution in [3.05, 3.63) is 0 Å². The summed E-state index contributed by atoms with van der Waals surface area (Å²) in [5.74, 6) is -0.496. The molecule has 1 fully saturated rings. The highest BCUT2D eigenvalue weighted by molar-refractivity contribution is 5.76. The van der Waals surface area contributed by atoms with Crippen LogP contribution in [0.2, 0.25) is 0 Å². The number of aliphatic hydroxyl groups excluding tert-OH is 2. The predicted molar refractivity (Wildman–Crippen MR) is 106 cm³/mol. The number of nitrogens with one attached hydrogen (secondary N) is 2. The van der Waals surface area contributed by atoms with Gasteiger partial charge >= 0.3 is 0 Å². The molecule has 3 unspecified atom stereocenters. The van der Waals surface area contributed by atoms with E-state index in [-0.39, 0.29) is 31.1 Å². The first-order valence-corrected chi connectivity index (χ1v) is 10.0. The molecule has 11 heteroatoms. The SMILES string of the molecule is COCC(COC)NC(=O)CCCCO[C@@H]1OC(COC)[C@H](O)C(O)C1NC(C)=O. The van der Waals surface area contributed by atoms with Crippen LogP contribution in [0.1, 0.15) is 26.2 Å². The average molecular weight is 437 g/mol. The van der Waals surface area contributed by atoms with Crippen LogP contribution in [-0.2, 0) is 33.3 Å². The van der Waals surface area contributed by atoms with E-state index in [0.717, 1.165) is 0 Å². The molecule has 0 saturated carbocycles. The van der Waals surface area contributed by atoms with Crippen molar-refractivity contribution in [1.29, 1.82) is 0 Å². The highest BCUT2D eigenvalue weighted by atomic mass is 16.7. The highest BCUT2D eigenvalue weighted by Gasteiger charge is 2.45. The summed E-state index contributed by atoms with van der Waals surface area (Å²) in [5, 5.41) is 25.9. The summed E-state index contributed by atoms with van der Waals surface area (Å²) in [6.45, 7) is 2.34. The van der Waals surface area contributed by atoms with Gasteiger partial charge in [-0.15, -0.1) is 0 Å². The summed E-state index contributed by atoms with van der Waals surface area (Å²) in [6, 6.07) is -1.12. The van der Waals surface area contributed by atoms with Crippen LogP contribution in [0, 0.1) is 0 Å². The molecule has 0 aromatic rings. The molecule has 30 heavy (non-hydrogen) atoms. The van der Waals surface area contributed by atoms with Crippen molar-refractivity contribution in [3.8, 4) is 0 Å². The van der Waals surface area contributed by atoms with Crippen molar-refractivity contribution in [2.75, 3.05) is 47.8 Å². The lowest BCUT2D eigenvalue weighted by Gasteiger charge is -2.42. The van der Waals surface area contributed by atoms with E-state index < -0.39 is 30.6 Å². The molecule has 5 atom stereocenters. The van der Waals surface area contributed by atoms with E-state index in [4.69, 9.17) is 23.7 Å². The van der Waals surface area contributed by atoms with Gasteiger partial charge in [0.15, 0.2) is 6.29 Å². The second-order valence-electron chi connectivity index (χ2n) is 7.21. The standard InChI is InChI=1S/C19H36N2O9/c1-12(22)20-16-18(25)17(24)14(11-28-4)30-19(16)29-8-6-5-7-15(23)21-13(9-26-2)10-27-3/h13-14,16-19,24-25H,5-11H2,1-4H3,(H,20,22)(H,21,23)/t14?,16?,17-,18?,19+/m0/s1. The first kappa shape index (κ1) is 26.7. The van der Waals surface area contributed by atoms with Gasteiger partial charge < -0.3 is 44.5 Å². The summed E-state index contributed by atoms with van der Waals surface area (Å²) >= 11 is 0. The number of ether oxygens (including phenoxy) is 5. The van der Waals surface area contributed by atoms with Crippen LogP contribution in [0.15, 0.2) is 0 Å². The van der Waals surface area contributed by atoms with Crippen molar-refractivity contribution in [2.24, 2.45) is 0 Å². The smallest absolute Gasteiger partial charge is 0.220 e. The molecule has 0 spiro atoms. The quantitative estimate of drug-likeness (QED) is 0.240. The Bertz CT molecular complexity index is 502. The number of amides is 2. The van der Waals surface area contributed by atoms with Gasteiger partial charge in [0, 0.05) is 41.3 Å². The summed E-state index contributed by atoms with van der Waals surface area (Å²) in [5.41, 5.74) is 0. The van der Waals surface area contributed by atoms with E-state index in [2.05, 4.69) is 10.6 Å². The Kier molecular flexibility index (Phi) is 13.0. The normalized spacial score (nSPS) is 26.6. The first-order valence-electron chi connectivity index (χ1n) is 10.0. The molecule has 1 heterocycles. The minimum Gasteiger partial charge on any atom is -0.388 e. The molecular weight excluding hydrogens is 400 g/mol. The molecule has 2 amide bonds. The predicted octanol–water partition coefficient (Wildman–Crippen LogP) is -1.45. The zero-order chi connectivity index (χ0) is 22.5. The lowest BCUT2D eigenvalue weighted by atomic mass is 9.97. The average Bonchev–Trinajstić information content (AvgIpc) is 2.68. The zero-order valence-electron chi connectivity index (χ0n) is 18.2. The van der Waals surface area contributed by atoms with E-state index in [9.17, 15) is 19.8 Å². The van der Waals surface area contributed by atoms with Crippen LogP contribution in [0.4, 0.5) is 0 Å². The van der Waals surface area contributed by atoms with Gasteiger partial charge in [0.05, 0.1) is 25.9 Å². The Labute approximate surface area is 177 Å². The van der Waals surface area contributed by atoms with Crippen LogP contribution >= 0.6 is 0 Å². The molecular formula is C19H36N2O9. The van der Waals surface area contributed by atoms with Crippen LogP contribution in [-0.4, -0.2) is 106 Å². The third-order valence-electron chi connectivity index (χ3n) is 4.58. The Morgan fingerprint density at radius 3 is 2.27 bits per heavy atom. The van der Waals surface area contributed by atoms with Crippen molar-refractivity contribution >= 4 is 11.8 Å². The van der Waals surface area contributed by atoms with Crippen molar-refractivity contribution < 1.29 is 43.5 Å². The maximum Gasteiger partial charge on any atom is 0.220 e. The molecule has 176 valence electrons. The lowest BCUT2D eigenvalue weighted by molar-refractivity contribution is -0.271. The molecule has 4 N–H and O–H groups in total. The molecule has 1 rings (SSSR count). The third-order valence-corrected chi connectivity index (χ3v) is 4.58. The van der Waals surface area contributed by atoms with Gasteiger partial charge in [0.2, 0.25) is 11.8 Å². The molecule has 1 aliphatic rings. The van der Waals surface area contributed by atoms with E-state index in [1.807, 2.05) is 0 Å². The number of aliphatic hydroxyl groups is 2.